The highest BCUT2D eigenvalue weighted by Gasteiger charge is 2.04. The second-order valence-corrected chi connectivity index (χ2v) is 3.57. The van der Waals surface area contributed by atoms with Crippen molar-refractivity contribution < 1.29 is 13.9 Å². The van der Waals surface area contributed by atoms with Gasteiger partial charge in [0.05, 0.1) is 6.61 Å². The van der Waals surface area contributed by atoms with Crippen LogP contribution in [0.2, 0.25) is 5.02 Å². The van der Waals surface area contributed by atoms with E-state index >= 15 is 0 Å². The highest BCUT2D eigenvalue weighted by molar-refractivity contribution is 6.30. The van der Waals surface area contributed by atoms with Gasteiger partial charge in [0, 0.05) is 11.6 Å². The number of amides is 1. The fourth-order valence-electron chi connectivity index (χ4n) is 1.22. The summed E-state index contributed by atoms with van der Waals surface area (Å²) in [5.74, 6) is -0.324. The molecule has 1 aromatic carbocycles. The smallest absolute Gasteiger partial charge is 0.407 e. The Bertz CT molecular complexity index is 371. The first kappa shape index (κ1) is 12.8. The van der Waals surface area contributed by atoms with Gasteiger partial charge in [-0.25, -0.2) is 9.18 Å². The van der Waals surface area contributed by atoms with Gasteiger partial charge in [0.15, 0.2) is 0 Å². The lowest BCUT2D eigenvalue weighted by molar-refractivity contribution is 0.152. The number of carbonyl (C=O) groups excluding carboxylic acids is 1. The molecule has 0 aliphatic heterocycles. The summed E-state index contributed by atoms with van der Waals surface area (Å²) in [6.07, 6.45) is -0.115. The van der Waals surface area contributed by atoms with Crippen LogP contribution < -0.4 is 5.32 Å². The Labute approximate surface area is 98.5 Å². The van der Waals surface area contributed by atoms with Crippen LogP contribution in [0.3, 0.4) is 0 Å². The predicted octanol–water partition coefficient (Wildman–Crippen LogP) is 2.77. The van der Waals surface area contributed by atoms with Crippen LogP contribution in [0.4, 0.5) is 9.18 Å². The second-order valence-electron chi connectivity index (χ2n) is 3.13. The van der Waals surface area contributed by atoms with E-state index in [2.05, 4.69) is 10.1 Å². The minimum Gasteiger partial charge on any atom is -0.450 e. The van der Waals surface area contributed by atoms with Gasteiger partial charge in [-0.05, 0) is 37.1 Å². The molecule has 0 saturated carbocycles. The molecule has 0 bridgehead atoms. The molecule has 0 radical (unpaired) electrons. The summed E-state index contributed by atoms with van der Waals surface area (Å²) in [6, 6.07) is 4.34. The standard InChI is InChI=1S/C11H13ClFNO2/c1-2-16-11(15)14-6-5-8-7-9(12)3-4-10(8)13/h3-4,7H,2,5-6H2,1H3,(H,14,15). The van der Waals surface area contributed by atoms with Crippen molar-refractivity contribution >= 4 is 17.7 Å². The van der Waals surface area contributed by atoms with Crippen molar-refractivity contribution in [1.29, 1.82) is 0 Å². The molecule has 5 heteroatoms. The van der Waals surface area contributed by atoms with Crippen LogP contribution >= 0.6 is 11.6 Å². The lowest BCUT2D eigenvalue weighted by atomic mass is 10.1. The largest absolute Gasteiger partial charge is 0.450 e. The zero-order chi connectivity index (χ0) is 12.0. The Hall–Kier alpha value is -1.29. The van der Waals surface area contributed by atoms with E-state index in [1.54, 1.807) is 13.0 Å². The van der Waals surface area contributed by atoms with E-state index in [4.69, 9.17) is 11.6 Å². The Morgan fingerprint density at radius 2 is 2.31 bits per heavy atom. The van der Waals surface area contributed by atoms with E-state index in [0.29, 0.717) is 30.2 Å². The fourth-order valence-corrected chi connectivity index (χ4v) is 1.41. The molecule has 0 atom stereocenters. The first-order valence-corrected chi connectivity index (χ1v) is 5.36. The number of alkyl carbamates (subject to hydrolysis) is 1. The monoisotopic (exact) mass is 245 g/mol. The molecular weight excluding hydrogens is 233 g/mol. The second kappa shape index (κ2) is 6.33. The Morgan fingerprint density at radius 3 is 3.00 bits per heavy atom. The molecule has 1 aromatic rings. The topological polar surface area (TPSA) is 38.3 Å². The normalized spacial score (nSPS) is 9.94. The number of hydrogen-bond acceptors (Lipinski definition) is 2. The molecule has 0 saturated heterocycles. The Kier molecular flexibility index (Phi) is 5.05. The van der Waals surface area contributed by atoms with Gasteiger partial charge in [-0.1, -0.05) is 11.6 Å². The van der Waals surface area contributed by atoms with E-state index in [1.165, 1.54) is 12.1 Å². The number of rotatable bonds is 4. The summed E-state index contributed by atoms with van der Waals surface area (Å²) in [5.41, 5.74) is 0.476. The average Bonchev–Trinajstić information content (AvgIpc) is 2.23. The third-order valence-corrected chi connectivity index (χ3v) is 2.18. The Balaban J connectivity index is 2.42. The van der Waals surface area contributed by atoms with Crippen LogP contribution in [0.15, 0.2) is 18.2 Å². The molecule has 88 valence electrons. The van der Waals surface area contributed by atoms with Crippen molar-refractivity contribution in [2.45, 2.75) is 13.3 Å². The molecule has 1 rings (SSSR count). The molecule has 1 N–H and O–H groups in total. The molecule has 3 nitrogen and oxygen atoms in total. The number of benzene rings is 1. The summed E-state index contributed by atoms with van der Waals surface area (Å²) in [6.45, 7) is 2.35. The van der Waals surface area contributed by atoms with E-state index in [-0.39, 0.29) is 5.82 Å². The zero-order valence-corrected chi connectivity index (χ0v) is 9.68. The number of halogens is 2. The zero-order valence-electron chi connectivity index (χ0n) is 8.93. The third kappa shape index (κ3) is 4.06. The number of ether oxygens (including phenoxy) is 1. The third-order valence-electron chi connectivity index (χ3n) is 1.95. The molecule has 0 fully saturated rings. The first-order valence-electron chi connectivity index (χ1n) is 4.98. The maximum Gasteiger partial charge on any atom is 0.407 e. The van der Waals surface area contributed by atoms with Crippen LogP contribution in [-0.2, 0) is 11.2 Å². The maximum absolute atomic E-state index is 13.2. The quantitative estimate of drug-likeness (QED) is 0.886. The van der Waals surface area contributed by atoms with Crippen molar-refractivity contribution in [2.75, 3.05) is 13.2 Å². The molecule has 0 heterocycles. The van der Waals surface area contributed by atoms with Crippen LogP contribution in [0.5, 0.6) is 0 Å². The van der Waals surface area contributed by atoms with Crippen LogP contribution in [0.25, 0.3) is 0 Å². The minimum absolute atomic E-state index is 0.316. The van der Waals surface area contributed by atoms with Crippen LogP contribution in [-0.4, -0.2) is 19.2 Å². The number of carbonyl (C=O) groups is 1. The maximum atomic E-state index is 13.2. The molecule has 0 unspecified atom stereocenters. The molecule has 1 amide bonds. The van der Waals surface area contributed by atoms with Crippen molar-refractivity contribution in [3.05, 3.63) is 34.6 Å². The molecular formula is C11H13ClFNO2. The van der Waals surface area contributed by atoms with Crippen LogP contribution in [0, 0.1) is 5.82 Å². The van der Waals surface area contributed by atoms with Crippen LogP contribution in [0.1, 0.15) is 12.5 Å². The molecule has 16 heavy (non-hydrogen) atoms. The van der Waals surface area contributed by atoms with Gasteiger partial charge in [0.1, 0.15) is 5.82 Å². The van der Waals surface area contributed by atoms with Gasteiger partial charge in [0.2, 0.25) is 0 Å². The predicted molar refractivity (Wildman–Crippen MR) is 60.1 cm³/mol. The van der Waals surface area contributed by atoms with E-state index in [1.807, 2.05) is 0 Å². The SMILES string of the molecule is CCOC(=O)NCCc1cc(Cl)ccc1F. The summed E-state index contributed by atoms with van der Waals surface area (Å²) in [5, 5.41) is 2.99. The van der Waals surface area contributed by atoms with Gasteiger partial charge >= 0.3 is 6.09 Å². The summed E-state index contributed by atoms with van der Waals surface area (Å²) in [4.78, 5) is 10.9. The van der Waals surface area contributed by atoms with Crippen molar-refractivity contribution in [1.82, 2.24) is 5.32 Å². The first-order chi connectivity index (χ1) is 7.63. The molecule has 0 aliphatic rings. The summed E-state index contributed by atoms with van der Waals surface area (Å²) >= 11 is 5.73. The minimum atomic E-state index is -0.495. The average molecular weight is 246 g/mol. The summed E-state index contributed by atoms with van der Waals surface area (Å²) in [7, 11) is 0. The fraction of sp³-hybridized carbons (Fsp3) is 0.364. The van der Waals surface area contributed by atoms with E-state index in [0.717, 1.165) is 0 Å². The number of hydrogen-bond donors (Lipinski definition) is 1. The molecule has 0 spiro atoms. The number of nitrogens with one attached hydrogen (secondary N) is 1. The lowest BCUT2D eigenvalue weighted by Crippen LogP contribution is -2.26. The highest BCUT2D eigenvalue weighted by atomic mass is 35.5. The van der Waals surface area contributed by atoms with Gasteiger partial charge < -0.3 is 10.1 Å². The molecule has 0 aliphatic carbocycles. The van der Waals surface area contributed by atoms with Crippen molar-refractivity contribution in [3.8, 4) is 0 Å². The molecule has 0 aromatic heterocycles. The van der Waals surface area contributed by atoms with E-state index < -0.39 is 6.09 Å². The lowest BCUT2D eigenvalue weighted by Gasteiger charge is -2.06. The van der Waals surface area contributed by atoms with Gasteiger partial charge in [-0.3, -0.25) is 0 Å². The summed E-state index contributed by atoms with van der Waals surface area (Å²) < 4.78 is 17.9. The van der Waals surface area contributed by atoms with Crippen molar-refractivity contribution in [2.24, 2.45) is 0 Å². The van der Waals surface area contributed by atoms with Gasteiger partial charge in [-0.15, -0.1) is 0 Å². The van der Waals surface area contributed by atoms with Gasteiger partial charge in [-0.2, -0.15) is 0 Å². The van der Waals surface area contributed by atoms with Gasteiger partial charge in [0.25, 0.3) is 0 Å². The Morgan fingerprint density at radius 1 is 1.56 bits per heavy atom. The highest BCUT2D eigenvalue weighted by Crippen LogP contribution is 2.14. The van der Waals surface area contributed by atoms with E-state index in [9.17, 15) is 9.18 Å². The van der Waals surface area contributed by atoms with Crippen molar-refractivity contribution in [3.63, 3.8) is 0 Å².